The Balaban J connectivity index is 4.57. The fourth-order valence-corrected chi connectivity index (χ4v) is 6.67. The number of aliphatic hydroxyl groups excluding tert-OH is 2. The van der Waals surface area contributed by atoms with Crippen LogP contribution >= 0.6 is 0 Å². The van der Waals surface area contributed by atoms with Gasteiger partial charge in [0.05, 0.1) is 25.2 Å². The van der Waals surface area contributed by atoms with E-state index < -0.39 is 18.2 Å². The topological polar surface area (TPSA) is 95.9 Å². The first kappa shape index (κ1) is 54.3. The molecule has 0 rings (SSSR count). The number of aliphatic hydroxyl groups is 2. The Labute approximate surface area is 351 Å². The monoisotopic (exact) mass is 796 g/mol. The molecular weight excluding hydrogens is 707 g/mol. The molecule has 57 heavy (non-hydrogen) atoms. The second-order valence-electron chi connectivity index (χ2n) is 15.8. The highest BCUT2D eigenvalue weighted by Gasteiger charge is 2.24. The Morgan fingerprint density at radius 2 is 0.965 bits per heavy atom. The quantitative estimate of drug-likeness (QED) is 0.0325. The van der Waals surface area contributed by atoms with Gasteiger partial charge in [-0.3, -0.25) is 9.59 Å². The number of rotatable bonds is 41. The van der Waals surface area contributed by atoms with Gasteiger partial charge >= 0.3 is 5.97 Å². The van der Waals surface area contributed by atoms with Crippen LogP contribution in [0.4, 0.5) is 0 Å². The van der Waals surface area contributed by atoms with Gasteiger partial charge in [-0.25, -0.2) is 0 Å². The highest BCUT2D eigenvalue weighted by molar-refractivity contribution is 5.77. The Bertz CT molecular complexity index is 1070. The molecular formula is C51H89NO5. The van der Waals surface area contributed by atoms with E-state index in [1.807, 2.05) is 0 Å². The van der Waals surface area contributed by atoms with Crippen molar-refractivity contribution >= 4 is 11.9 Å². The maximum absolute atomic E-state index is 13.1. The number of ether oxygens (including phenoxy) is 1. The van der Waals surface area contributed by atoms with E-state index in [9.17, 15) is 19.8 Å². The Hall–Kier alpha value is -2.70. The SMILES string of the molecule is CC/C=C\C/C=C\C/C=C\C/C=C\C/C=C\CCCCCC(=O)OC(CCCCC/C=C\CCCC)CC(=O)NC(CO)C(O)CCCCCCCCCCCC. The predicted molar refractivity (Wildman–Crippen MR) is 245 cm³/mol. The summed E-state index contributed by atoms with van der Waals surface area (Å²) in [5.74, 6) is -0.536. The molecule has 3 unspecified atom stereocenters. The minimum atomic E-state index is -0.797. The van der Waals surface area contributed by atoms with Gasteiger partial charge in [-0.1, -0.05) is 184 Å². The fraction of sp³-hybridized carbons (Fsp3) is 0.725. The van der Waals surface area contributed by atoms with E-state index in [2.05, 4.69) is 99.0 Å². The zero-order chi connectivity index (χ0) is 41.7. The molecule has 0 aromatic carbocycles. The minimum Gasteiger partial charge on any atom is -0.462 e. The number of carbonyl (C=O) groups is 2. The first-order valence-electron chi connectivity index (χ1n) is 23.7. The lowest BCUT2D eigenvalue weighted by molar-refractivity contribution is -0.151. The smallest absolute Gasteiger partial charge is 0.306 e. The van der Waals surface area contributed by atoms with Gasteiger partial charge < -0.3 is 20.3 Å². The molecule has 3 N–H and O–H groups in total. The lowest BCUT2D eigenvalue weighted by Crippen LogP contribution is -2.46. The van der Waals surface area contributed by atoms with Gasteiger partial charge in [-0.05, 0) is 89.9 Å². The molecule has 0 saturated carbocycles. The average Bonchev–Trinajstić information content (AvgIpc) is 3.20. The van der Waals surface area contributed by atoms with E-state index in [4.69, 9.17) is 4.74 Å². The molecule has 0 saturated heterocycles. The second kappa shape index (κ2) is 44.4. The van der Waals surface area contributed by atoms with Crippen molar-refractivity contribution in [2.75, 3.05) is 6.61 Å². The van der Waals surface area contributed by atoms with E-state index in [1.54, 1.807) is 0 Å². The van der Waals surface area contributed by atoms with Gasteiger partial charge in [0.1, 0.15) is 6.10 Å². The molecule has 1 amide bonds. The number of amides is 1. The fourth-order valence-electron chi connectivity index (χ4n) is 6.67. The zero-order valence-corrected chi connectivity index (χ0v) is 37.2. The van der Waals surface area contributed by atoms with Gasteiger partial charge in [0.25, 0.3) is 0 Å². The maximum Gasteiger partial charge on any atom is 0.306 e. The van der Waals surface area contributed by atoms with E-state index in [-0.39, 0.29) is 24.9 Å². The third-order valence-electron chi connectivity index (χ3n) is 10.3. The van der Waals surface area contributed by atoms with Crippen molar-refractivity contribution in [3.05, 3.63) is 72.9 Å². The normalized spacial score (nSPS) is 14.0. The number of nitrogens with one attached hydrogen (secondary N) is 1. The summed E-state index contributed by atoms with van der Waals surface area (Å²) in [5, 5.41) is 23.6. The van der Waals surface area contributed by atoms with Crippen LogP contribution in [0.5, 0.6) is 0 Å². The van der Waals surface area contributed by atoms with E-state index in [0.29, 0.717) is 19.3 Å². The van der Waals surface area contributed by atoms with Crippen molar-refractivity contribution in [2.45, 2.75) is 232 Å². The summed E-state index contributed by atoms with van der Waals surface area (Å²) in [6.07, 6.45) is 55.4. The van der Waals surface area contributed by atoms with Crippen LogP contribution in [0.15, 0.2) is 72.9 Å². The summed E-state index contributed by atoms with van der Waals surface area (Å²) in [5.41, 5.74) is 0. The summed E-state index contributed by atoms with van der Waals surface area (Å²) in [6.45, 7) is 6.28. The summed E-state index contributed by atoms with van der Waals surface area (Å²) < 4.78 is 5.87. The summed E-state index contributed by atoms with van der Waals surface area (Å²) in [4.78, 5) is 26.0. The van der Waals surface area contributed by atoms with Gasteiger partial charge in [-0.2, -0.15) is 0 Å². The van der Waals surface area contributed by atoms with Crippen LogP contribution in [0, 0.1) is 0 Å². The Kier molecular flexibility index (Phi) is 42.3. The van der Waals surface area contributed by atoms with Crippen LogP contribution < -0.4 is 5.32 Å². The molecule has 0 radical (unpaired) electrons. The Morgan fingerprint density at radius 1 is 0.526 bits per heavy atom. The minimum absolute atomic E-state index is 0.0498. The maximum atomic E-state index is 13.1. The number of allylic oxidation sites excluding steroid dienone is 12. The Morgan fingerprint density at radius 3 is 1.51 bits per heavy atom. The molecule has 0 aromatic heterocycles. The second-order valence-corrected chi connectivity index (χ2v) is 15.8. The average molecular weight is 796 g/mol. The molecule has 0 aliphatic rings. The van der Waals surface area contributed by atoms with Crippen molar-refractivity contribution in [1.82, 2.24) is 5.32 Å². The number of esters is 1. The van der Waals surface area contributed by atoms with Crippen molar-refractivity contribution in [1.29, 1.82) is 0 Å². The van der Waals surface area contributed by atoms with Gasteiger partial charge in [-0.15, -0.1) is 0 Å². The number of hydrogen-bond donors (Lipinski definition) is 3. The van der Waals surface area contributed by atoms with Crippen LogP contribution in [-0.4, -0.2) is 46.9 Å². The van der Waals surface area contributed by atoms with E-state index >= 15 is 0 Å². The first-order valence-corrected chi connectivity index (χ1v) is 23.7. The van der Waals surface area contributed by atoms with Crippen LogP contribution in [-0.2, 0) is 14.3 Å². The molecule has 328 valence electrons. The largest absolute Gasteiger partial charge is 0.462 e. The zero-order valence-electron chi connectivity index (χ0n) is 37.2. The number of unbranched alkanes of at least 4 members (excludes halogenated alkanes) is 17. The molecule has 0 aliphatic heterocycles. The lowest BCUT2D eigenvalue weighted by atomic mass is 10.0. The van der Waals surface area contributed by atoms with Crippen LogP contribution in [0.1, 0.15) is 213 Å². The van der Waals surface area contributed by atoms with Gasteiger partial charge in [0.15, 0.2) is 0 Å². The van der Waals surface area contributed by atoms with Crippen molar-refractivity contribution in [3.63, 3.8) is 0 Å². The van der Waals surface area contributed by atoms with Crippen molar-refractivity contribution in [2.24, 2.45) is 0 Å². The number of carbonyl (C=O) groups excluding carboxylic acids is 2. The molecule has 3 atom stereocenters. The van der Waals surface area contributed by atoms with E-state index in [0.717, 1.165) is 109 Å². The molecule has 0 spiro atoms. The van der Waals surface area contributed by atoms with Crippen LogP contribution in [0.2, 0.25) is 0 Å². The van der Waals surface area contributed by atoms with Crippen LogP contribution in [0.3, 0.4) is 0 Å². The third-order valence-corrected chi connectivity index (χ3v) is 10.3. The first-order chi connectivity index (χ1) is 28.0. The summed E-state index contributed by atoms with van der Waals surface area (Å²) >= 11 is 0. The number of hydrogen-bond acceptors (Lipinski definition) is 5. The molecule has 6 nitrogen and oxygen atoms in total. The highest BCUT2D eigenvalue weighted by Crippen LogP contribution is 2.16. The van der Waals surface area contributed by atoms with Crippen LogP contribution in [0.25, 0.3) is 0 Å². The summed E-state index contributed by atoms with van der Waals surface area (Å²) in [7, 11) is 0. The van der Waals surface area contributed by atoms with Gasteiger partial charge in [0.2, 0.25) is 5.91 Å². The highest BCUT2D eigenvalue weighted by atomic mass is 16.5. The molecule has 6 heteroatoms. The van der Waals surface area contributed by atoms with Crippen molar-refractivity contribution in [3.8, 4) is 0 Å². The molecule has 0 aliphatic carbocycles. The predicted octanol–water partition coefficient (Wildman–Crippen LogP) is 13.8. The molecule has 0 bridgehead atoms. The lowest BCUT2D eigenvalue weighted by Gasteiger charge is -2.24. The molecule has 0 heterocycles. The molecule has 0 aromatic rings. The third kappa shape index (κ3) is 39.9. The standard InChI is InChI=1S/C51H89NO5/c1-4-7-10-13-16-19-21-22-23-24-25-26-27-28-29-32-35-38-41-44-51(56)57-47(42-39-36-33-30-18-15-12-9-6-3)45-50(55)52-48(46-53)49(54)43-40-37-34-31-20-17-14-11-8-5-2/h7,10,15-16,18-19,22-23,25-26,28-29,47-49,53-54H,4-6,8-9,11-14,17,20-21,24,27,30-46H2,1-3H3,(H,52,55)/b10-7-,18-15-,19-16-,23-22-,26-25-,29-28-. The van der Waals surface area contributed by atoms with E-state index in [1.165, 1.54) is 57.8 Å². The summed E-state index contributed by atoms with van der Waals surface area (Å²) in [6, 6.07) is -0.713. The molecule has 0 fully saturated rings. The van der Waals surface area contributed by atoms with Gasteiger partial charge in [0, 0.05) is 6.42 Å². The van der Waals surface area contributed by atoms with Crippen molar-refractivity contribution < 1.29 is 24.5 Å².